The summed E-state index contributed by atoms with van der Waals surface area (Å²) in [6, 6.07) is 7.96. The van der Waals surface area contributed by atoms with Crippen LogP contribution in [0.4, 0.5) is 10.1 Å². The highest BCUT2D eigenvalue weighted by Crippen LogP contribution is 2.36. The van der Waals surface area contributed by atoms with Gasteiger partial charge in [-0.1, -0.05) is 31.0 Å². The fourth-order valence-corrected chi connectivity index (χ4v) is 3.75. The zero-order valence-electron chi connectivity index (χ0n) is 14.3. The van der Waals surface area contributed by atoms with Crippen molar-refractivity contribution in [2.45, 2.75) is 64.0 Å². The minimum atomic E-state index is -0.682. The zero-order valence-corrected chi connectivity index (χ0v) is 14.3. The van der Waals surface area contributed by atoms with Gasteiger partial charge in [-0.2, -0.15) is 0 Å². The van der Waals surface area contributed by atoms with Gasteiger partial charge in [0, 0.05) is 12.1 Å². The van der Waals surface area contributed by atoms with Gasteiger partial charge in [0.15, 0.2) is 0 Å². The van der Waals surface area contributed by atoms with E-state index < -0.39 is 6.17 Å². The Balaban J connectivity index is 1.77. The lowest BCUT2D eigenvalue weighted by atomic mass is 9.84. The molecule has 24 heavy (non-hydrogen) atoms. The van der Waals surface area contributed by atoms with Crippen LogP contribution in [0.25, 0.3) is 0 Å². The molecule has 0 aromatic heterocycles. The van der Waals surface area contributed by atoms with E-state index in [9.17, 15) is 9.18 Å². The van der Waals surface area contributed by atoms with Crippen LogP contribution in [0.5, 0.6) is 0 Å². The largest absolute Gasteiger partial charge is 0.497 e. The summed E-state index contributed by atoms with van der Waals surface area (Å²) in [4.78, 5) is 12.5. The average molecular weight is 331 g/mol. The maximum Gasteiger partial charge on any atom is 0.255 e. The molecule has 0 bridgehead atoms. The standard InChI is InChI=1S/C20H26FNO2/c1-14-17(12-13-24-14)20(23)22-19-9-5-4-8-18(19)15-6-2-3-7-16(21)11-10-15/h4-5,8-9,15-16H,2-3,6-7,10-13H2,1H3,(H,22,23). The Bertz CT molecular complexity index is 626. The van der Waals surface area contributed by atoms with Crippen molar-refractivity contribution in [1.82, 2.24) is 0 Å². The molecular formula is C20H26FNO2. The number of benzene rings is 1. The second-order valence-electron chi connectivity index (χ2n) is 6.83. The van der Waals surface area contributed by atoms with Gasteiger partial charge in [-0.15, -0.1) is 0 Å². The molecule has 1 aromatic carbocycles. The van der Waals surface area contributed by atoms with Crippen molar-refractivity contribution in [2.75, 3.05) is 11.9 Å². The quantitative estimate of drug-likeness (QED) is 0.837. The summed E-state index contributed by atoms with van der Waals surface area (Å²) >= 11 is 0. The number of ether oxygens (including phenoxy) is 1. The van der Waals surface area contributed by atoms with E-state index in [0.717, 1.165) is 48.3 Å². The van der Waals surface area contributed by atoms with Crippen molar-refractivity contribution in [3.63, 3.8) is 0 Å². The van der Waals surface area contributed by atoms with E-state index in [1.54, 1.807) is 0 Å². The molecule has 3 rings (SSSR count). The van der Waals surface area contributed by atoms with Crippen LogP contribution >= 0.6 is 0 Å². The van der Waals surface area contributed by atoms with E-state index in [1.807, 2.05) is 25.1 Å². The molecule has 2 aliphatic rings. The predicted octanol–water partition coefficient (Wildman–Crippen LogP) is 5.10. The van der Waals surface area contributed by atoms with Gasteiger partial charge < -0.3 is 10.1 Å². The number of anilines is 1. The average Bonchev–Trinajstić information content (AvgIpc) is 2.99. The van der Waals surface area contributed by atoms with E-state index in [2.05, 4.69) is 11.4 Å². The van der Waals surface area contributed by atoms with Crippen molar-refractivity contribution < 1.29 is 13.9 Å². The Morgan fingerprint density at radius 3 is 2.75 bits per heavy atom. The highest BCUT2D eigenvalue weighted by Gasteiger charge is 2.23. The molecule has 1 heterocycles. The first-order valence-corrected chi connectivity index (χ1v) is 9.02. The van der Waals surface area contributed by atoms with Gasteiger partial charge in [-0.3, -0.25) is 4.79 Å². The summed E-state index contributed by atoms with van der Waals surface area (Å²) in [5.74, 6) is 0.956. The predicted molar refractivity (Wildman–Crippen MR) is 93.7 cm³/mol. The number of carbonyl (C=O) groups is 1. The van der Waals surface area contributed by atoms with Crippen LogP contribution in [0.3, 0.4) is 0 Å². The van der Waals surface area contributed by atoms with Gasteiger partial charge in [0.1, 0.15) is 11.9 Å². The molecule has 2 unspecified atom stereocenters. The molecule has 1 aliphatic carbocycles. The maximum absolute atomic E-state index is 13.8. The van der Waals surface area contributed by atoms with Crippen molar-refractivity contribution in [3.8, 4) is 0 Å². The molecule has 4 heteroatoms. The first-order chi connectivity index (χ1) is 11.6. The summed E-state index contributed by atoms with van der Waals surface area (Å²) in [6.07, 6.45) is 5.19. The number of alkyl halides is 1. The van der Waals surface area contributed by atoms with Crippen LogP contribution < -0.4 is 5.32 Å². The summed E-state index contributed by atoms with van der Waals surface area (Å²) in [5.41, 5.74) is 2.72. The number of amides is 1. The SMILES string of the molecule is CC1=C(C(=O)Nc2ccccc2C2CCCCC(F)CC2)CCO1. The molecular weight excluding hydrogens is 305 g/mol. The lowest BCUT2D eigenvalue weighted by Gasteiger charge is -2.24. The minimum absolute atomic E-state index is 0.0772. The fourth-order valence-electron chi connectivity index (χ4n) is 3.75. The normalized spacial score (nSPS) is 24.9. The molecule has 130 valence electrons. The number of allylic oxidation sites excluding steroid dienone is 1. The molecule has 3 nitrogen and oxygen atoms in total. The number of para-hydroxylation sites is 1. The van der Waals surface area contributed by atoms with Gasteiger partial charge in [-0.05, 0) is 50.2 Å². The highest BCUT2D eigenvalue weighted by atomic mass is 19.1. The zero-order chi connectivity index (χ0) is 16.9. The molecule has 0 radical (unpaired) electrons. The van der Waals surface area contributed by atoms with E-state index in [1.165, 1.54) is 0 Å². The second kappa shape index (κ2) is 7.82. The molecule has 0 spiro atoms. The Hall–Kier alpha value is -1.84. The Kier molecular flexibility index (Phi) is 5.54. The molecule has 2 atom stereocenters. The van der Waals surface area contributed by atoms with E-state index in [-0.39, 0.29) is 5.91 Å². The highest BCUT2D eigenvalue weighted by molar-refractivity contribution is 6.04. The van der Waals surface area contributed by atoms with Crippen LogP contribution in [0.1, 0.15) is 63.4 Å². The lowest BCUT2D eigenvalue weighted by molar-refractivity contribution is -0.113. The molecule has 1 aromatic rings. The van der Waals surface area contributed by atoms with Crippen LogP contribution in [-0.4, -0.2) is 18.7 Å². The second-order valence-corrected chi connectivity index (χ2v) is 6.83. The van der Waals surface area contributed by atoms with E-state index >= 15 is 0 Å². The number of rotatable bonds is 3. The number of halogens is 1. The molecule has 1 fully saturated rings. The topological polar surface area (TPSA) is 38.3 Å². The maximum atomic E-state index is 13.8. The number of hydrogen-bond donors (Lipinski definition) is 1. The molecule has 1 amide bonds. The lowest BCUT2D eigenvalue weighted by Crippen LogP contribution is -2.17. The molecule has 0 saturated heterocycles. The number of nitrogens with one attached hydrogen (secondary N) is 1. The van der Waals surface area contributed by atoms with Crippen LogP contribution in [0.2, 0.25) is 0 Å². The van der Waals surface area contributed by atoms with Gasteiger partial charge in [-0.25, -0.2) is 4.39 Å². The smallest absolute Gasteiger partial charge is 0.255 e. The summed E-state index contributed by atoms with van der Waals surface area (Å²) in [6.45, 7) is 2.42. The summed E-state index contributed by atoms with van der Waals surface area (Å²) < 4.78 is 19.2. The van der Waals surface area contributed by atoms with Crippen molar-refractivity contribution in [2.24, 2.45) is 0 Å². The van der Waals surface area contributed by atoms with E-state index in [0.29, 0.717) is 31.8 Å². The van der Waals surface area contributed by atoms with Crippen LogP contribution in [0.15, 0.2) is 35.6 Å². The third-order valence-electron chi connectivity index (χ3n) is 5.17. The minimum Gasteiger partial charge on any atom is -0.497 e. The number of carbonyl (C=O) groups excluding carboxylic acids is 1. The summed E-state index contributed by atoms with van der Waals surface area (Å²) in [5, 5.41) is 3.06. The van der Waals surface area contributed by atoms with Crippen LogP contribution in [-0.2, 0) is 9.53 Å². The van der Waals surface area contributed by atoms with Crippen molar-refractivity contribution >= 4 is 11.6 Å². The van der Waals surface area contributed by atoms with Crippen molar-refractivity contribution in [3.05, 3.63) is 41.2 Å². The summed E-state index contributed by atoms with van der Waals surface area (Å²) in [7, 11) is 0. The van der Waals surface area contributed by atoms with Gasteiger partial charge in [0.2, 0.25) is 0 Å². The number of hydrogen-bond acceptors (Lipinski definition) is 2. The fraction of sp³-hybridized carbons (Fsp3) is 0.550. The Morgan fingerprint density at radius 1 is 1.17 bits per heavy atom. The monoisotopic (exact) mass is 331 g/mol. The van der Waals surface area contributed by atoms with Crippen LogP contribution in [0, 0.1) is 0 Å². The van der Waals surface area contributed by atoms with Gasteiger partial charge >= 0.3 is 0 Å². The molecule has 1 aliphatic heterocycles. The first kappa shape index (κ1) is 17.0. The third-order valence-corrected chi connectivity index (χ3v) is 5.17. The molecule has 1 saturated carbocycles. The first-order valence-electron chi connectivity index (χ1n) is 9.02. The third kappa shape index (κ3) is 3.97. The molecule has 1 N–H and O–H groups in total. The van der Waals surface area contributed by atoms with Gasteiger partial charge in [0.05, 0.1) is 12.2 Å². The van der Waals surface area contributed by atoms with E-state index in [4.69, 9.17) is 4.74 Å². The Labute approximate surface area is 143 Å². The van der Waals surface area contributed by atoms with Gasteiger partial charge in [0.25, 0.3) is 5.91 Å². The van der Waals surface area contributed by atoms with Crippen molar-refractivity contribution in [1.29, 1.82) is 0 Å². The Morgan fingerprint density at radius 2 is 1.96 bits per heavy atom.